The number of carbonyl (C=O) groups excluding carboxylic acids is 1. The second-order valence-corrected chi connectivity index (χ2v) is 5.08. The van der Waals surface area contributed by atoms with E-state index in [4.69, 9.17) is 0 Å². The van der Waals surface area contributed by atoms with Crippen molar-refractivity contribution in [1.82, 2.24) is 4.57 Å². The number of nitrogens with one attached hydrogen (secondary N) is 1. The molecule has 0 unspecified atom stereocenters. The van der Waals surface area contributed by atoms with Crippen LogP contribution >= 0.6 is 0 Å². The van der Waals surface area contributed by atoms with Crippen LogP contribution in [-0.2, 0) is 11.3 Å². The van der Waals surface area contributed by atoms with Gasteiger partial charge in [-0.3, -0.25) is 25.0 Å². The minimum Gasteiger partial charge on any atom is -0.341 e. The normalized spacial score (nSPS) is 10.9. The fraction of sp³-hybridized carbons (Fsp3) is 0.133. The second kappa shape index (κ2) is 5.61. The topological polar surface area (TPSA) is 120 Å². The Morgan fingerprint density at radius 1 is 1.12 bits per heavy atom. The standard InChI is InChI=1S/C15H12N4O5/c1-2-17-12-5-3-9(18(21)22)7-10(12)14-13(17)6-4-11(16-8-20)15(14)19(23)24/h3-8H,2H2,1H3,(H,16,20). The quantitative estimate of drug-likeness (QED) is 0.438. The number of hydrogen-bond donors (Lipinski definition) is 1. The number of fused-ring (bicyclic) bond motifs is 3. The van der Waals surface area contributed by atoms with Crippen molar-refractivity contribution in [3.8, 4) is 0 Å². The SMILES string of the molecule is CCn1c2ccc([N+](=O)[O-])cc2c2c([N+](=O)[O-])c(NC=O)ccc21. The number of nitro benzene ring substituents is 2. The van der Waals surface area contributed by atoms with Crippen molar-refractivity contribution < 1.29 is 14.6 Å². The molecule has 24 heavy (non-hydrogen) atoms. The summed E-state index contributed by atoms with van der Waals surface area (Å²) in [6.45, 7) is 2.42. The van der Waals surface area contributed by atoms with Gasteiger partial charge in [-0.1, -0.05) is 0 Å². The molecule has 1 N–H and O–H groups in total. The zero-order chi connectivity index (χ0) is 17.4. The Bertz CT molecular complexity index is 1010. The first-order chi connectivity index (χ1) is 11.5. The van der Waals surface area contributed by atoms with Gasteiger partial charge in [0, 0.05) is 29.6 Å². The largest absolute Gasteiger partial charge is 0.341 e. The zero-order valence-electron chi connectivity index (χ0n) is 12.6. The van der Waals surface area contributed by atoms with E-state index in [1.807, 2.05) is 11.5 Å². The Labute approximate surface area is 134 Å². The highest BCUT2D eigenvalue weighted by Crippen LogP contribution is 2.41. The molecule has 0 aliphatic rings. The molecular weight excluding hydrogens is 316 g/mol. The maximum absolute atomic E-state index is 11.6. The molecule has 1 aromatic heterocycles. The third kappa shape index (κ3) is 2.14. The van der Waals surface area contributed by atoms with Crippen molar-refractivity contribution in [2.75, 3.05) is 5.32 Å². The summed E-state index contributed by atoms with van der Waals surface area (Å²) in [4.78, 5) is 32.2. The summed E-state index contributed by atoms with van der Waals surface area (Å²) in [5, 5.41) is 25.6. The Morgan fingerprint density at radius 2 is 1.83 bits per heavy atom. The summed E-state index contributed by atoms with van der Waals surface area (Å²) >= 11 is 0. The number of rotatable bonds is 5. The maximum Gasteiger partial charge on any atom is 0.302 e. The Balaban J connectivity index is 2.55. The van der Waals surface area contributed by atoms with Crippen LogP contribution in [0.1, 0.15) is 6.92 Å². The van der Waals surface area contributed by atoms with E-state index in [-0.39, 0.29) is 22.4 Å². The van der Waals surface area contributed by atoms with E-state index in [1.54, 1.807) is 12.1 Å². The second-order valence-electron chi connectivity index (χ2n) is 5.08. The van der Waals surface area contributed by atoms with E-state index in [1.165, 1.54) is 18.2 Å². The molecular formula is C15H12N4O5. The van der Waals surface area contributed by atoms with Crippen LogP contribution in [0.4, 0.5) is 17.1 Å². The van der Waals surface area contributed by atoms with Gasteiger partial charge in [0.05, 0.1) is 20.7 Å². The van der Waals surface area contributed by atoms with Crippen molar-refractivity contribution in [3.05, 3.63) is 50.6 Å². The van der Waals surface area contributed by atoms with Gasteiger partial charge in [-0.2, -0.15) is 0 Å². The molecule has 0 saturated carbocycles. The van der Waals surface area contributed by atoms with Crippen LogP contribution in [0.5, 0.6) is 0 Å². The molecule has 0 fully saturated rings. The Kier molecular flexibility index (Phi) is 3.60. The summed E-state index contributed by atoms with van der Waals surface area (Å²) in [7, 11) is 0. The fourth-order valence-electron chi connectivity index (χ4n) is 2.98. The molecule has 2 aromatic carbocycles. The van der Waals surface area contributed by atoms with E-state index in [0.717, 1.165) is 0 Å². The van der Waals surface area contributed by atoms with Gasteiger partial charge in [-0.05, 0) is 25.1 Å². The van der Waals surface area contributed by atoms with Crippen LogP contribution in [0, 0.1) is 20.2 Å². The average molecular weight is 328 g/mol. The van der Waals surface area contributed by atoms with Gasteiger partial charge < -0.3 is 9.88 Å². The fourth-order valence-corrected chi connectivity index (χ4v) is 2.98. The first-order valence-electron chi connectivity index (χ1n) is 7.07. The highest BCUT2D eigenvalue weighted by molar-refractivity contribution is 6.15. The lowest BCUT2D eigenvalue weighted by Crippen LogP contribution is -2.00. The number of carbonyl (C=O) groups is 1. The third-order valence-corrected chi connectivity index (χ3v) is 3.91. The lowest BCUT2D eigenvalue weighted by Gasteiger charge is -2.05. The molecule has 0 atom stereocenters. The van der Waals surface area contributed by atoms with E-state index >= 15 is 0 Å². The molecule has 0 spiro atoms. The van der Waals surface area contributed by atoms with E-state index in [2.05, 4.69) is 5.32 Å². The van der Waals surface area contributed by atoms with E-state index in [0.29, 0.717) is 29.4 Å². The number of aromatic nitrogens is 1. The van der Waals surface area contributed by atoms with Crippen molar-refractivity contribution >= 4 is 45.3 Å². The lowest BCUT2D eigenvalue weighted by molar-refractivity contribution is -0.384. The van der Waals surface area contributed by atoms with Crippen LogP contribution < -0.4 is 5.32 Å². The molecule has 3 rings (SSSR count). The molecule has 0 aliphatic carbocycles. The minimum absolute atomic E-state index is 0.0455. The summed E-state index contributed by atoms with van der Waals surface area (Å²) in [6.07, 6.45) is 0.357. The molecule has 0 radical (unpaired) electrons. The molecule has 1 heterocycles. The number of anilines is 1. The number of amides is 1. The van der Waals surface area contributed by atoms with Crippen molar-refractivity contribution in [3.63, 3.8) is 0 Å². The van der Waals surface area contributed by atoms with E-state index < -0.39 is 9.85 Å². The number of nitro groups is 2. The molecule has 0 saturated heterocycles. The van der Waals surface area contributed by atoms with Crippen LogP contribution in [-0.4, -0.2) is 20.8 Å². The smallest absolute Gasteiger partial charge is 0.302 e. The highest BCUT2D eigenvalue weighted by atomic mass is 16.6. The molecule has 0 bridgehead atoms. The van der Waals surface area contributed by atoms with Gasteiger partial charge in [0.1, 0.15) is 5.69 Å². The van der Waals surface area contributed by atoms with Gasteiger partial charge in [0.2, 0.25) is 6.41 Å². The lowest BCUT2D eigenvalue weighted by atomic mass is 10.1. The predicted molar refractivity (Wildman–Crippen MR) is 88.1 cm³/mol. The summed E-state index contributed by atoms with van der Waals surface area (Å²) < 4.78 is 1.84. The third-order valence-electron chi connectivity index (χ3n) is 3.91. The summed E-state index contributed by atoms with van der Waals surface area (Å²) in [6, 6.07) is 7.37. The highest BCUT2D eigenvalue weighted by Gasteiger charge is 2.25. The van der Waals surface area contributed by atoms with Crippen LogP contribution in [0.3, 0.4) is 0 Å². The zero-order valence-corrected chi connectivity index (χ0v) is 12.6. The first kappa shape index (κ1) is 15.4. The number of benzene rings is 2. The summed E-state index contributed by atoms with van der Waals surface area (Å²) in [5.41, 5.74) is 0.850. The molecule has 9 nitrogen and oxygen atoms in total. The van der Waals surface area contributed by atoms with Crippen molar-refractivity contribution in [2.24, 2.45) is 0 Å². The van der Waals surface area contributed by atoms with Crippen molar-refractivity contribution in [1.29, 1.82) is 0 Å². The van der Waals surface area contributed by atoms with E-state index in [9.17, 15) is 25.0 Å². The molecule has 0 aliphatic heterocycles. The van der Waals surface area contributed by atoms with Gasteiger partial charge in [0.15, 0.2) is 0 Å². The number of nitrogens with zero attached hydrogens (tertiary/aromatic N) is 3. The van der Waals surface area contributed by atoms with Gasteiger partial charge in [-0.25, -0.2) is 0 Å². The number of non-ortho nitro benzene ring substituents is 1. The Morgan fingerprint density at radius 3 is 2.42 bits per heavy atom. The average Bonchev–Trinajstić information content (AvgIpc) is 2.87. The number of hydrogen-bond acceptors (Lipinski definition) is 5. The summed E-state index contributed by atoms with van der Waals surface area (Å²) in [5.74, 6) is 0. The van der Waals surface area contributed by atoms with Gasteiger partial charge >= 0.3 is 5.69 Å². The van der Waals surface area contributed by atoms with Crippen LogP contribution in [0.2, 0.25) is 0 Å². The van der Waals surface area contributed by atoms with Crippen LogP contribution in [0.15, 0.2) is 30.3 Å². The Hall–Kier alpha value is -3.49. The molecule has 9 heteroatoms. The molecule has 1 amide bonds. The van der Waals surface area contributed by atoms with Crippen LogP contribution in [0.25, 0.3) is 21.8 Å². The minimum atomic E-state index is -0.591. The molecule has 122 valence electrons. The maximum atomic E-state index is 11.6. The van der Waals surface area contributed by atoms with Gasteiger partial charge in [-0.15, -0.1) is 0 Å². The molecule has 3 aromatic rings. The number of aryl methyl sites for hydroxylation is 1. The monoisotopic (exact) mass is 328 g/mol. The van der Waals surface area contributed by atoms with Crippen molar-refractivity contribution in [2.45, 2.75) is 13.5 Å². The van der Waals surface area contributed by atoms with Gasteiger partial charge in [0.25, 0.3) is 5.69 Å². The predicted octanol–water partition coefficient (Wildman–Crippen LogP) is 3.20. The first-order valence-corrected chi connectivity index (χ1v) is 7.07.